The first-order valence-corrected chi connectivity index (χ1v) is 10.8. The highest BCUT2D eigenvalue weighted by Gasteiger charge is 2.32. The molecule has 0 aliphatic carbocycles. The van der Waals surface area contributed by atoms with Crippen LogP contribution >= 0.6 is 11.6 Å². The topological polar surface area (TPSA) is 129 Å². The van der Waals surface area contributed by atoms with Gasteiger partial charge in [0, 0.05) is 18.7 Å². The second-order valence-electron chi connectivity index (χ2n) is 6.36. The van der Waals surface area contributed by atoms with E-state index in [2.05, 4.69) is 5.32 Å². The standard InChI is InChI=1S/C20H17ClN2O7S/c1-29-14-5-7-15(8-6-14)31(27,28)19(18-3-2-10-30-18)12-22-20(24)16-11-13(23(25)26)4-9-17(16)21/h2-11,19H,12H2,1H3,(H,22,24)/t19-/m0/s1. The molecular formula is C20H17ClN2O7S. The van der Waals surface area contributed by atoms with Crippen molar-refractivity contribution in [2.75, 3.05) is 13.7 Å². The molecule has 3 rings (SSSR count). The van der Waals surface area contributed by atoms with Gasteiger partial charge in [0.15, 0.2) is 9.84 Å². The molecule has 31 heavy (non-hydrogen) atoms. The zero-order valence-corrected chi connectivity index (χ0v) is 17.7. The van der Waals surface area contributed by atoms with Crippen LogP contribution < -0.4 is 10.1 Å². The van der Waals surface area contributed by atoms with Crippen LogP contribution in [0.3, 0.4) is 0 Å². The Bertz CT molecular complexity index is 1190. The molecule has 0 radical (unpaired) electrons. The van der Waals surface area contributed by atoms with Crippen LogP contribution in [0.2, 0.25) is 5.02 Å². The van der Waals surface area contributed by atoms with E-state index < -0.39 is 25.9 Å². The van der Waals surface area contributed by atoms with Gasteiger partial charge in [0.25, 0.3) is 11.6 Å². The summed E-state index contributed by atoms with van der Waals surface area (Å²) >= 11 is 5.99. The average molecular weight is 465 g/mol. The maximum Gasteiger partial charge on any atom is 0.270 e. The van der Waals surface area contributed by atoms with Crippen molar-refractivity contribution in [2.45, 2.75) is 10.1 Å². The predicted octanol–water partition coefficient (Wildman–Crippen LogP) is 3.79. The Labute approximate surface area is 182 Å². The molecular weight excluding hydrogens is 448 g/mol. The number of sulfone groups is 1. The first-order valence-electron chi connectivity index (χ1n) is 8.87. The molecule has 2 aromatic carbocycles. The molecule has 162 valence electrons. The molecule has 0 unspecified atom stereocenters. The lowest BCUT2D eigenvalue weighted by Gasteiger charge is -2.17. The number of non-ortho nitro benzene ring substituents is 1. The van der Waals surface area contributed by atoms with E-state index in [0.717, 1.165) is 6.07 Å². The van der Waals surface area contributed by atoms with Gasteiger partial charge in [-0.1, -0.05) is 11.6 Å². The van der Waals surface area contributed by atoms with Gasteiger partial charge in [-0.2, -0.15) is 0 Å². The highest BCUT2D eigenvalue weighted by atomic mass is 35.5. The lowest BCUT2D eigenvalue weighted by molar-refractivity contribution is -0.384. The van der Waals surface area contributed by atoms with E-state index in [4.69, 9.17) is 20.8 Å². The third kappa shape index (κ3) is 4.86. The van der Waals surface area contributed by atoms with Crippen molar-refractivity contribution in [3.63, 3.8) is 0 Å². The second kappa shape index (κ2) is 9.19. The molecule has 0 aliphatic rings. The molecule has 0 fully saturated rings. The van der Waals surface area contributed by atoms with Crippen molar-refractivity contribution < 1.29 is 27.3 Å². The fourth-order valence-corrected chi connectivity index (χ4v) is 4.64. The molecule has 11 heteroatoms. The third-order valence-electron chi connectivity index (χ3n) is 4.48. The van der Waals surface area contributed by atoms with Crippen molar-refractivity contribution in [3.8, 4) is 5.75 Å². The van der Waals surface area contributed by atoms with Gasteiger partial charge >= 0.3 is 0 Å². The van der Waals surface area contributed by atoms with Crippen LogP contribution in [0.4, 0.5) is 5.69 Å². The van der Waals surface area contributed by atoms with Crippen LogP contribution in [0.5, 0.6) is 5.75 Å². The van der Waals surface area contributed by atoms with Crippen LogP contribution in [0, 0.1) is 10.1 Å². The Morgan fingerprint density at radius 1 is 1.23 bits per heavy atom. The quantitative estimate of drug-likeness (QED) is 0.396. The highest BCUT2D eigenvalue weighted by Crippen LogP contribution is 2.30. The number of methoxy groups -OCH3 is 1. The number of nitrogens with zero attached hydrogens (tertiary/aromatic N) is 1. The minimum atomic E-state index is -3.96. The normalized spacial score (nSPS) is 12.2. The fraction of sp³-hybridized carbons (Fsp3) is 0.150. The number of ether oxygens (including phenoxy) is 1. The second-order valence-corrected chi connectivity index (χ2v) is 8.89. The van der Waals surface area contributed by atoms with Crippen molar-refractivity contribution >= 4 is 33.0 Å². The van der Waals surface area contributed by atoms with Crippen molar-refractivity contribution in [1.29, 1.82) is 0 Å². The Morgan fingerprint density at radius 3 is 2.52 bits per heavy atom. The molecule has 1 aromatic heterocycles. The van der Waals surface area contributed by atoms with Crippen LogP contribution in [0.25, 0.3) is 0 Å². The highest BCUT2D eigenvalue weighted by molar-refractivity contribution is 7.91. The van der Waals surface area contributed by atoms with E-state index >= 15 is 0 Å². The van der Waals surface area contributed by atoms with Gasteiger partial charge in [0.05, 0.1) is 33.8 Å². The zero-order chi connectivity index (χ0) is 22.6. The molecule has 0 aliphatic heterocycles. The van der Waals surface area contributed by atoms with E-state index in [1.165, 1.54) is 61.9 Å². The summed E-state index contributed by atoms with van der Waals surface area (Å²) in [6.07, 6.45) is 1.32. The van der Waals surface area contributed by atoms with Gasteiger partial charge in [0.2, 0.25) is 0 Å². The van der Waals surface area contributed by atoms with Gasteiger partial charge in [-0.05, 0) is 42.5 Å². The van der Waals surface area contributed by atoms with Crippen molar-refractivity contribution in [2.24, 2.45) is 0 Å². The average Bonchev–Trinajstić information content (AvgIpc) is 3.28. The maximum absolute atomic E-state index is 13.2. The molecule has 0 spiro atoms. The van der Waals surface area contributed by atoms with Crippen LogP contribution in [-0.4, -0.2) is 32.9 Å². The maximum atomic E-state index is 13.2. The molecule has 0 saturated carbocycles. The molecule has 0 saturated heterocycles. The van der Waals surface area contributed by atoms with E-state index in [9.17, 15) is 23.3 Å². The van der Waals surface area contributed by atoms with Gasteiger partial charge in [-0.3, -0.25) is 14.9 Å². The Hall–Kier alpha value is -3.37. The fourth-order valence-electron chi connectivity index (χ4n) is 2.85. The number of carbonyl (C=O) groups is 1. The molecule has 1 amide bonds. The number of hydrogen-bond donors (Lipinski definition) is 1. The molecule has 3 aromatic rings. The smallest absolute Gasteiger partial charge is 0.270 e. The van der Waals surface area contributed by atoms with E-state index in [0.29, 0.717) is 5.75 Å². The number of rotatable bonds is 8. The summed E-state index contributed by atoms with van der Waals surface area (Å²) in [5.41, 5.74) is -0.459. The van der Waals surface area contributed by atoms with E-state index in [1.54, 1.807) is 0 Å². The number of furan rings is 1. The van der Waals surface area contributed by atoms with Gasteiger partial charge in [-0.15, -0.1) is 0 Å². The molecule has 0 bridgehead atoms. The van der Waals surface area contributed by atoms with Crippen LogP contribution in [0.1, 0.15) is 21.4 Å². The first-order chi connectivity index (χ1) is 14.7. The van der Waals surface area contributed by atoms with E-state index in [-0.39, 0.29) is 33.5 Å². The molecule has 9 nitrogen and oxygen atoms in total. The number of benzene rings is 2. The van der Waals surface area contributed by atoms with Crippen LogP contribution in [-0.2, 0) is 9.84 Å². The number of nitro benzene ring substituents is 1. The summed E-state index contributed by atoms with van der Waals surface area (Å²) in [7, 11) is -2.50. The Morgan fingerprint density at radius 2 is 1.94 bits per heavy atom. The number of hydrogen-bond acceptors (Lipinski definition) is 7. The summed E-state index contributed by atoms with van der Waals surface area (Å²) in [4.78, 5) is 22.9. The zero-order valence-electron chi connectivity index (χ0n) is 16.1. The van der Waals surface area contributed by atoms with Crippen molar-refractivity contribution in [1.82, 2.24) is 5.32 Å². The van der Waals surface area contributed by atoms with E-state index in [1.807, 2.05) is 0 Å². The minimum Gasteiger partial charge on any atom is -0.497 e. The SMILES string of the molecule is COc1ccc(S(=O)(=O)[C@@H](CNC(=O)c2cc([N+](=O)[O-])ccc2Cl)c2ccco2)cc1. The first kappa shape index (κ1) is 22.3. The minimum absolute atomic E-state index is 0.00402. The Kier molecular flexibility index (Phi) is 6.62. The van der Waals surface area contributed by atoms with Gasteiger partial charge in [0.1, 0.15) is 16.8 Å². The Balaban J connectivity index is 1.88. The van der Waals surface area contributed by atoms with Gasteiger partial charge < -0.3 is 14.5 Å². The lowest BCUT2D eigenvalue weighted by Crippen LogP contribution is -2.32. The van der Waals surface area contributed by atoms with Crippen LogP contribution in [0.15, 0.2) is 70.2 Å². The number of amides is 1. The summed E-state index contributed by atoms with van der Waals surface area (Å²) in [6, 6.07) is 12.2. The molecule has 1 atom stereocenters. The summed E-state index contributed by atoms with van der Waals surface area (Å²) in [5.74, 6) is -0.140. The number of halogens is 1. The van der Waals surface area contributed by atoms with Gasteiger partial charge in [-0.25, -0.2) is 8.42 Å². The largest absolute Gasteiger partial charge is 0.497 e. The van der Waals surface area contributed by atoms with Crippen molar-refractivity contribution in [3.05, 3.63) is 87.3 Å². The summed E-state index contributed by atoms with van der Waals surface area (Å²) < 4.78 is 36.8. The molecule has 1 N–H and O–H groups in total. The number of nitrogens with one attached hydrogen (secondary N) is 1. The number of nitro groups is 1. The monoisotopic (exact) mass is 464 g/mol. The summed E-state index contributed by atoms with van der Waals surface area (Å²) in [6.45, 7) is -0.347. The third-order valence-corrected chi connectivity index (χ3v) is 6.88. The predicted molar refractivity (Wildman–Crippen MR) is 112 cm³/mol. The lowest BCUT2D eigenvalue weighted by atomic mass is 10.2. The molecule has 1 heterocycles. The number of carbonyl (C=O) groups excluding carboxylic acids is 1. The summed E-state index contributed by atoms with van der Waals surface area (Å²) in [5, 5.41) is 12.2.